The Bertz CT molecular complexity index is 1180. The van der Waals surface area contributed by atoms with Crippen LogP contribution >= 0.6 is 23.2 Å². The second-order valence-corrected chi connectivity index (χ2v) is 9.43. The maximum absolute atomic E-state index is 6.64. The fraction of sp³-hybridized carbons (Fsp3) is 0.320. The highest BCUT2D eigenvalue weighted by atomic mass is 35.5. The molecule has 2 heterocycles. The first-order chi connectivity index (χ1) is 14.6. The molecule has 0 saturated heterocycles. The monoisotopic (exact) mass is 436 g/mol. The van der Waals surface area contributed by atoms with Crippen molar-refractivity contribution in [3.05, 3.63) is 75.8 Å². The summed E-state index contributed by atoms with van der Waals surface area (Å²) in [6.07, 6.45) is 6.29. The second-order valence-electron chi connectivity index (χ2n) is 8.59. The molecule has 3 aromatic carbocycles. The Hall–Kier alpha value is -2.23. The zero-order chi connectivity index (χ0) is 20.3. The average molecular weight is 437 g/mol. The van der Waals surface area contributed by atoms with Crippen LogP contribution < -0.4 is 4.74 Å². The van der Waals surface area contributed by atoms with E-state index >= 15 is 0 Å². The third kappa shape index (κ3) is 2.83. The van der Waals surface area contributed by atoms with Crippen LogP contribution in [0.1, 0.15) is 55.7 Å². The van der Waals surface area contributed by atoms with Crippen molar-refractivity contribution in [2.45, 2.75) is 50.3 Å². The Morgan fingerprint density at radius 2 is 1.73 bits per heavy atom. The molecule has 3 aliphatic rings. The topological polar surface area (TPSA) is 24.8 Å². The fourth-order valence-corrected chi connectivity index (χ4v) is 5.83. The van der Waals surface area contributed by atoms with E-state index in [0.29, 0.717) is 10.0 Å². The minimum Gasteiger partial charge on any atom is -0.465 e. The third-order valence-electron chi connectivity index (χ3n) is 6.73. The summed E-state index contributed by atoms with van der Waals surface area (Å²) in [5.74, 6) is 0.791. The highest BCUT2D eigenvalue weighted by Crippen LogP contribution is 2.53. The van der Waals surface area contributed by atoms with Crippen LogP contribution in [0.25, 0.3) is 10.8 Å². The van der Waals surface area contributed by atoms with Crippen molar-refractivity contribution in [2.75, 3.05) is 0 Å². The molecule has 1 atom stereocenters. The lowest BCUT2D eigenvalue weighted by Crippen LogP contribution is -2.54. The lowest BCUT2D eigenvalue weighted by molar-refractivity contribution is -0.140. The first kappa shape index (κ1) is 18.5. The third-order valence-corrected chi connectivity index (χ3v) is 7.23. The fourth-order valence-electron chi connectivity index (χ4n) is 5.28. The average Bonchev–Trinajstić information content (AvgIpc) is 3.22. The van der Waals surface area contributed by atoms with Gasteiger partial charge in [-0.25, -0.2) is 5.01 Å². The minimum atomic E-state index is -0.411. The van der Waals surface area contributed by atoms with E-state index < -0.39 is 5.72 Å². The molecule has 0 bridgehead atoms. The van der Waals surface area contributed by atoms with Crippen LogP contribution in [0, 0.1) is 0 Å². The molecule has 1 aliphatic carbocycles. The first-order valence-corrected chi connectivity index (χ1v) is 11.4. The Labute approximate surface area is 186 Å². The molecule has 5 heteroatoms. The summed E-state index contributed by atoms with van der Waals surface area (Å²) in [5, 5.41) is 11.1. The molecule has 152 valence electrons. The van der Waals surface area contributed by atoms with Gasteiger partial charge in [-0.05, 0) is 47.4 Å². The van der Waals surface area contributed by atoms with E-state index in [1.54, 1.807) is 6.07 Å². The first-order valence-electron chi connectivity index (χ1n) is 10.7. The van der Waals surface area contributed by atoms with Crippen molar-refractivity contribution in [1.82, 2.24) is 5.01 Å². The number of nitrogens with zero attached hydrogens (tertiary/aromatic N) is 2. The number of hydrazone groups is 1. The van der Waals surface area contributed by atoms with Gasteiger partial charge in [-0.1, -0.05) is 66.0 Å². The molecular weight excluding hydrogens is 415 g/mol. The minimum absolute atomic E-state index is 0.101. The van der Waals surface area contributed by atoms with Gasteiger partial charge in [-0.3, -0.25) is 0 Å². The quantitative estimate of drug-likeness (QED) is 0.398. The summed E-state index contributed by atoms with van der Waals surface area (Å²) in [4.78, 5) is 0. The molecule has 6 rings (SSSR count). The van der Waals surface area contributed by atoms with E-state index in [0.717, 1.165) is 49.1 Å². The van der Waals surface area contributed by atoms with Crippen LogP contribution in [0.5, 0.6) is 5.75 Å². The van der Waals surface area contributed by atoms with Gasteiger partial charge in [0.05, 0.1) is 16.8 Å². The maximum atomic E-state index is 6.64. The summed E-state index contributed by atoms with van der Waals surface area (Å²) in [6, 6.07) is 18.9. The maximum Gasteiger partial charge on any atom is 0.198 e. The normalized spacial score (nSPS) is 21.9. The van der Waals surface area contributed by atoms with Crippen molar-refractivity contribution in [3.8, 4) is 5.75 Å². The zero-order valence-corrected chi connectivity index (χ0v) is 18.1. The molecule has 0 unspecified atom stereocenters. The summed E-state index contributed by atoms with van der Waals surface area (Å²) < 4.78 is 6.64. The summed E-state index contributed by atoms with van der Waals surface area (Å²) in [7, 11) is 0. The predicted molar refractivity (Wildman–Crippen MR) is 123 cm³/mol. The van der Waals surface area contributed by atoms with E-state index in [-0.39, 0.29) is 6.04 Å². The molecule has 0 N–H and O–H groups in total. The molecule has 0 radical (unpaired) electrons. The molecular formula is C25H22Cl2N2O. The smallest absolute Gasteiger partial charge is 0.198 e. The number of hydrogen-bond donors (Lipinski definition) is 0. The van der Waals surface area contributed by atoms with Crippen molar-refractivity contribution in [2.24, 2.45) is 5.10 Å². The van der Waals surface area contributed by atoms with Gasteiger partial charge in [0.2, 0.25) is 0 Å². The molecule has 3 aromatic rings. The van der Waals surface area contributed by atoms with Crippen molar-refractivity contribution >= 4 is 39.7 Å². The Morgan fingerprint density at radius 3 is 2.57 bits per heavy atom. The van der Waals surface area contributed by atoms with Gasteiger partial charge in [-0.15, -0.1) is 0 Å². The highest BCUT2D eigenvalue weighted by molar-refractivity contribution is 6.35. The predicted octanol–water partition coefficient (Wildman–Crippen LogP) is 7.35. The van der Waals surface area contributed by atoms with Gasteiger partial charge in [-0.2, -0.15) is 5.10 Å². The Kier molecular flexibility index (Phi) is 4.26. The van der Waals surface area contributed by atoms with Crippen molar-refractivity contribution in [1.29, 1.82) is 0 Å². The van der Waals surface area contributed by atoms with Gasteiger partial charge < -0.3 is 4.74 Å². The summed E-state index contributed by atoms with van der Waals surface area (Å²) in [5.41, 5.74) is 2.90. The van der Waals surface area contributed by atoms with Gasteiger partial charge in [0.1, 0.15) is 5.75 Å². The summed E-state index contributed by atoms with van der Waals surface area (Å²) >= 11 is 13.0. The van der Waals surface area contributed by atoms with Crippen molar-refractivity contribution < 1.29 is 4.74 Å². The lowest BCUT2D eigenvalue weighted by atomic mass is 9.86. The molecule has 1 fully saturated rings. The molecule has 1 spiro atoms. The van der Waals surface area contributed by atoms with E-state index in [1.807, 2.05) is 6.07 Å². The van der Waals surface area contributed by atoms with Crippen LogP contribution in [0.15, 0.2) is 59.7 Å². The molecule has 3 nitrogen and oxygen atoms in total. The van der Waals surface area contributed by atoms with Crippen LogP contribution in [0.4, 0.5) is 0 Å². The van der Waals surface area contributed by atoms with E-state index in [1.165, 1.54) is 22.8 Å². The molecule has 0 aromatic heterocycles. The molecule has 30 heavy (non-hydrogen) atoms. The SMILES string of the molecule is Clc1cc(Cl)c2c(c1)[C@H]1CC(c3ccc4ccccc4c3)=NN1C1(CCCCC1)O2. The van der Waals surface area contributed by atoms with Crippen molar-refractivity contribution in [3.63, 3.8) is 0 Å². The van der Waals surface area contributed by atoms with Crippen LogP contribution in [-0.4, -0.2) is 16.4 Å². The largest absolute Gasteiger partial charge is 0.465 e. The highest BCUT2D eigenvalue weighted by Gasteiger charge is 2.51. The molecule has 2 aliphatic heterocycles. The number of ether oxygens (including phenoxy) is 1. The number of fused-ring (bicyclic) bond motifs is 5. The number of benzene rings is 3. The van der Waals surface area contributed by atoms with Gasteiger partial charge in [0.25, 0.3) is 0 Å². The Balaban J connectivity index is 1.47. The van der Waals surface area contributed by atoms with Gasteiger partial charge >= 0.3 is 0 Å². The van der Waals surface area contributed by atoms with Crippen LogP contribution in [0.3, 0.4) is 0 Å². The molecule has 0 amide bonds. The number of halogens is 2. The molecule has 1 saturated carbocycles. The zero-order valence-electron chi connectivity index (χ0n) is 16.6. The second kappa shape index (κ2) is 6.90. The van der Waals surface area contributed by atoms with Crippen LogP contribution in [-0.2, 0) is 0 Å². The summed E-state index contributed by atoms with van der Waals surface area (Å²) in [6.45, 7) is 0. The van der Waals surface area contributed by atoms with E-state index in [4.69, 9.17) is 33.0 Å². The standard InChI is InChI=1S/C25H22Cl2N2O/c26-19-13-20-23-15-22(18-9-8-16-6-2-3-7-17(16)12-18)28-29(23)25(10-4-1-5-11-25)30-24(20)21(27)14-19/h2-3,6-9,12-14,23H,1,4-5,10-11,15H2/t23-/m1/s1. The number of rotatable bonds is 1. The van der Waals surface area contributed by atoms with Gasteiger partial charge in [0.15, 0.2) is 5.72 Å². The Morgan fingerprint density at radius 1 is 0.933 bits per heavy atom. The van der Waals surface area contributed by atoms with E-state index in [9.17, 15) is 0 Å². The lowest BCUT2D eigenvalue weighted by Gasteiger charge is -2.49. The van der Waals surface area contributed by atoms with Gasteiger partial charge in [0, 0.05) is 29.8 Å². The number of hydrogen-bond acceptors (Lipinski definition) is 3. The van der Waals surface area contributed by atoms with E-state index in [2.05, 4.69) is 47.5 Å². The van der Waals surface area contributed by atoms with Crippen LogP contribution in [0.2, 0.25) is 10.0 Å².